The summed E-state index contributed by atoms with van der Waals surface area (Å²) >= 11 is 6.04. The number of hydrogen-bond donors (Lipinski definition) is 1. The Hall–Kier alpha value is -1.58. The molecule has 1 aromatic carbocycles. The standard InChI is InChI=1S/C15H18ClN3/c1-2-19(11-13-5-3-4-8-18-13)10-12-6-7-15(17)14(16)9-12/h3-9H,2,10-11,17H2,1H3. The molecule has 0 aliphatic heterocycles. The van der Waals surface area contributed by atoms with Crippen LogP contribution in [0.4, 0.5) is 5.69 Å². The van der Waals surface area contributed by atoms with Crippen LogP contribution in [-0.2, 0) is 13.1 Å². The average molecular weight is 276 g/mol. The second kappa shape index (κ2) is 6.55. The minimum absolute atomic E-state index is 0.617. The lowest BCUT2D eigenvalue weighted by molar-refractivity contribution is 0.268. The maximum atomic E-state index is 6.04. The third-order valence-corrected chi connectivity index (χ3v) is 3.36. The number of nitrogen functional groups attached to an aromatic ring is 1. The smallest absolute Gasteiger partial charge is 0.0638 e. The van der Waals surface area contributed by atoms with Crippen molar-refractivity contribution in [3.05, 3.63) is 58.9 Å². The molecular weight excluding hydrogens is 258 g/mol. The number of pyridine rings is 1. The van der Waals surface area contributed by atoms with Crippen LogP contribution in [0.3, 0.4) is 0 Å². The van der Waals surface area contributed by atoms with E-state index < -0.39 is 0 Å². The number of nitrogens with two attached hydrogens (primary N) is 1. The molecule has 2 aromatic rings. The Morgan fingerprint density at radius 1 is 1.21 bits per heavy atom. The van der Waals surface area contributed by atoms with Crippen LogP contribution >= 0.6 is 11.6 Å². The van der Waals surface area contributed by atoms with Crippen molar-refractivity contribution in [2.24, 2.45) is 0 Å². The molecule has 1 aromatic heterocycles. The van der Waals surface area contributed by atoms with Crippen LogP contribution in [0.25, 0.3) is 0 Å². The molecule has 2 N–H and O–H groups in total. The molecule has 0 atom stereocenters. The molecule has 0 unspecified atom stereocenters. The first-order valence-corrected chi connectivity index (χ1v) is 6.73. The summed E-state index contributed by atoms with van der Waals surface area (Å²) in [6.45, 7) is 4.77. The van der Waals surface area contributed by atoms with Gasteiger partial charge in [0.25, 0.3) is 0 Å². The number of rotatable bonds is 5. The maximum absolute atomic E-state index is 6.04. The molecule has 0 aliphatic rings. The zero-order chi connectivity index (χ0) is 13.7. The highest BCUT2D eigenvalue weighted by atomic mass is 35.5. The summed E-state index contributed by atoms with van der Waals surface area (Å²) in [4.78, 5) is 6.66. The predicted molar refractivity (Wildman–Crippen MR) is 79.9 cm³/mol. The van der Waals surface area contributed by atoms with E-state index in [0.717, 1.165) is 30.9 Å². The molecule has 0 fully saturated rings. The van der Waals surface area contributed by atoms with Crippen molar-refractivity contribution in [1.82, 2.24) is 9.88 Å². The molecule has 2 rings (SSSR count). The highest BCUT2D eigenvalue weighted by molar-refractivity contribution is 6.33. The Morgan fingerprint density at radius 2 is 2.05 bits per heavy atom. The van der Waals surface area contributed by atoms with Crippen molar-refractivity contribution in [3.63, 3.8) is 0 Å². The van der Waals surface area contributed by atoms with Gasteiger partial charge in [-0.2, -0.15) is 0 Å². The Morgan fingerprint density at radius 3 is 2.68 bits per heavy atom. The molecule has 1 heterocycles. The van der Waals surface area contributed by atoms with E-state index in [2.05, 4.69) is 16.8 Å². The van der Waals surface area contributed by atoms with Gasteiger partial charge in [-0.3, -0.25) is 9.88 Å². The summed E-state index contributed by atoms with van der Waals surface area (Å²) in [6, 6.07) is 11.8. The monoisotopic (exact) mass is 275 g/mol. The van der Waals surface area contributed by atoms with Gasteiger partial charge in [0, 0.05) is 19.3 Å². The first kappa shape index (κ1) is 13.8. The van der Waals surface area contributed by atoms with Gasteiger partial charge in [-0.15, -0.1) is 0 Å². The van der Waals surface area contributed by atoms with Gasteiger partial charge >= 0.3 is 0 Å². The van der Waals surface area contributed by atoms with Gasteiger partial charge in [0.05, 0.1) is 16.4 Å². The second-order valence-corrected chi connectivity index (χ2v) is 4.89. The first-order valence-electron chi connectivity index (χ1n) is 6.35. The Balaban J connectivity index is 2.04. The van der Waals surface area contributed by atoms with Crippen LogP contribution in [0, 0.1) is 0 Å². The lowest BCUT2D eigenvalue weighted by Crippen LogP contribution is -2.22. The largest absolute Gasteiger partial charge is 0.398 e. The predicted octanol–water partition coefficient (Wildman–Crippen LogP) is 3.34. The van der Waals surface area contributed by atoms with Gasteiger partial charge in [0.2, 0.25) is 0 Å². The Kier molecular flexibility index (Phi) is 4.77. The summed E-state index contributed by atoms with van der Waals surface area (Å²) in [6.07, 6.45) is 1.82. The molecular formula is C15H18ClN3. The summed E-state index contributed by atoms with van der Waals surface area (Å²) < 4.78 is 0. The SMILES string of the molecule is CCN(Cc1ccc(N)c(Cl)c1)Cc1ccccn1. The van der Waals surface area contributed by atoms with Gasteiger partial charge in [0.1, 0.15) is 0 Å². The fourth-order valence-corrected chi connectivity index (χ4v) is 2.13. The number of hydrogen-bond acceptors (Lipinski definition) is 3. The summed E-state index contributed by atoms with van der Waals surface area (Å²) in [5.41, 5.74) is 8.58. The molecule has 0 aliphatic carbocycles. The number of nitrogens with zero attached hydrogens (tertiary/aromatic N) is 2. The van der Waals surface area contributed by atoms with Crippen LogP contribution in [-0.4, -0.2) is 16.4 Å². The van der Waals surface area contributed by atoms with Gasteiger partial charge in [0.15, 0.2) is 0 Å². The topological polar surface area (TPSA) is 42.1 Å². The zero-order valence-corrected chi connectivity index (χ0v) is 11.8. The minimum Gasteiger partial charge on any atom is -0.398 e. The Labute approximate surface area is 119 Å². The molecule has 0 amide bonds. The molecule has 0 saturated heterocycles. The molecule has 0 spiro atoms. The van der Waals surface area contributed by atoms with Crippen LogP contribution in [0.1, 0.15) is 18.2 Å². The second-order valence-electron chi connectivity index (χ2n) is 4.48. The highest BCUT2D eigenvalue weighted by Crippen LogP contribution is 2.20. The third kappa shape index (κ3) is 3.94. The fraction of sp³-hybridized carbons (Fsp3) is 0.267. The van der Waals surface area contributed by atoms with E-state index in [1.165, 1.54) is 0 Å². The number of halogens is 1. The first-order chi connectivity index (χ1) is 9.19. The average Bonchev–Trinajstić information content (AvgIpc) is 2.43. The molecule has 4 heteroatoms. The van der Waals surface area contributed by atoms with Crippen molar-refractivity contribution < 1.29 is 0 Å². The third-order valence-electron chi connectivity index (χ3n) is 3.03. The van der Waals surface area contributed by atoms with Gasteiger partial charge < -0.3 is 5.73 Å². The summed E-state index contributed by atoms with van der Waals surface area (Å²) in [5.74, 6) is 0. The number of benzene rings is 1. The molecule has 0 saturated carbocycles. The van der Waals surface area contributed by atoms with Crippen LogP contribution < -0.4 is 5.73 Å². The van der Waals surface area contributed by atoms with Crippen molar-refractivity contribution in [3.8, 4) is 0 Å². The van der Waals surface area contributed by atoms with E-state index in [1.807, 2.05) is 42.6 Å². The number of aromatic nitrogens is 1. The van der Waals surface area contributed by atoms with E-state index in [9.17, 15) is 0 Å². The minimum atomic E-state index is 0.617. The molecule has 3 nitrogen and oxygen atoms in total. The van der Waals surface area contributed by atoms with Crippen LogP contribution in [0.2, 0.25) is 5.02 Å². The molecule has 0 bridgehead atoms. The highest BCUT2D eigenvalue weighted by Gasteiger charge is 2.07. The van der Waals surface area contributed by atoms with Gasteiger partial charge in [-0.1, -0.05) is 30.7 Å². The van der Waals surface area contributed by atoms with Gasteiger partial charge in [-0.05, 0) is 36.4 Å². The quantitative estimate of drug-likeness (QED) is 0.851. The van der Waals surface area contributed by atoms with E-state index in [1.54, 1.807) is 0 Å². The normalized spacial score (nSPS) is 10.9. The maximum Gasteiger partial charge on any atom is 0.0638 e. The lowest BCUT2D eigenvalue weighted by atomic mass is 10.2. The van der Waals surface area contributed by atoms with E-state index in [0.29, 0.717) is 10.7 Å². The van der Waals surface area contributed by atoms with Gasteiger partial charge in [-0.25, -0.2) is 0 Å². The number of anilines is 1. The van der Waals surface area contributed by atoms with E-state index in [4.69, 9.17) is 17.3 Å². The van der Waals surface area contributed by atoms with E-state index in [-0.39, 0.29) is 0 Å². The Bertz CT molecular complexity index is 528. The molecule has 0 radical (unpaired) electrons. The zero-order valence-electron chi connectivity index (χ0n) is 11.0. The van der Waals surface area contributed by atoms with Crippen molar-refractivity contribution in [2.75, 3.05) is 12.3 Å². The summed E-state index contributed by atoms with van der Waals surface area (Å²) in [5, 5.41) is 0.617. The molecule has 19 heavy (non-hydrogen) atoms. The summed E-state index contributed by atoms with van der Waals surface area (Å²) in [7, 11) is 0. The van der Waals surface area contributed by atoms with Crippen molar-refractivity contribution in [2.45, 2.75) is 20.0 Å². The van der Waals surface area contributed by atoms with Crippen LogP contribution in [0.5, 0.6) is 0 Å². The lowest BCUT2D eigenvalue weighted by Gasteiger charge is -2.20. The van der Waals surface area contributed by atoms with Crippen LogP contribution in [0.15, 0.2) is 42.6 Å². The van der Waals surface area contributed by atoms with Crippen molar-refractivity contribution >= 4 is 17.3 Å². The van der Waals surface area contributed by atoms with Crippen molar-refractivity contribution in [1.29, 1.82) is 0 Å². The molecule has 100 valence electrons. The fourth-order valence-electron chi connectivity index (χ4n) is 1.93. The van der Waals surface area contributed by atoms with E-state index >= 15 is 0 Å².